The van der Waals surface area contributed by atoms with E-state index in [2.05, 4.69) is 0 Å². The quantitative estimate of drug-likeness (QED) is 0.492. The lowest BCUT2D eigenvalue weighted by molar-refractivity contribution is 0.591. The van der Waals surface area contributed by atoms with Crippen molar-refractivity contribution in [2.75, 3.05) is 0 Å². The van der Waals surface area contributed by atoms with Gasteiger partial charge in [0.25, 0.3) is 0 Å². The first-order chi connectivity index (χ1) is 2.64. The third-order valence-corrected chi connectivity index (χ3v) is 2.39. The molecule has 0 aliphatic carbocycles. The second-order valence-corrected chi connectivity index (χ2v) is 3.94. The molecule has 0 aliphatic heterocycles. The Kier molecular flexibility index (Phi) is 2.71. The standard InChI is InChI=1S/C3H7ClOP/c1-3(2)6(4)5/h3H,1-2H3/q+1. The molecule has 0 fully saturated rings. The minimum absolute atomic E-state index is 0.127. The van der Waals surface area contributed by atoms with Crippen LogP contribution in [0.1, 0.15) is 13.8 Å². The summed E-state index contributed by atoms with van der Waals surface area (Å²) in [6, 6.07) is 0. The highest BCUT2D eigenvalue weighted by molar-refractivity contribution is 7.74. The van der Waals surface area contributed by atoms with E-state index in [-0.39, 0.29) is 5.66 Å². The Balaban J connectivity index is 3.26. The van der Waals surface area contributed by atoms with E-state index >= 15 is 0 Å². The van der Waals surface area contributed by atoms with Gasteiger partial charge in [0.05, 0.1) is 0 Å². The molecule has 36 valence electrons. The minimum atomic E-state index is -1.44. The van der Waals surface area contributed by atoms with E-state index in [0.717, 1.165) is 0 Å². The van der Waals surface area contributed by atoms with Crippen LogP contribution in [0.15, 0.2) is 0 Å². The molecule has 0 aromatic heterocycles. The molecule has 0 bridgehead atoms. The third kappa shape index (κ3) is 2.62. The Labute approximate surface area is 43.3 Å². The molecular formula is C3H7ClOP+. The summed E-state index contributed by atoms with van der Waals surface area (Å²) in [4.78, 5) is 0. The van der Waals surface area contributed by atoms with Crippen molar-refractivity contribution in [3.63, 3.8) is 0 Å². The fraction of sp³-hybridized carbons (Fsp3) is 1.00. The van der Waals surface area contributed by atoms with E-state index in [1.807, 2.05) is 13.8 Å². The molecule has 0 aliphatic rings. The number of rotatable bonds is 1. The summed E-state index contributed by atoms with van der Waals surface area (Å²) in [7, 11) is -1.44. The van der Waals surface area contributed by atoms with Crippen molar-refractivity contribution < 1.29 is 4.57 Å². The van der Waals surface area contributed by atoms with Crippen LogP contribution in [0, 0.1) is 0 Å². The average Bonchev–Trinajstić information content (AvgIpc) is 1.36. The first-order valence-electron chi connectivity index (χ1n) is 1.76. The monoisotopic (exact) mass is 125 g/mol. The Morgan fingerprint density at radius 3 is 1.83 bits per heavy atom. The van der Waals surface area contributed by atoms with Gasteiger partial charge in [0.15, 0.2) is 5.66 Å². The maximum absolute atomic E-state index is 10.1. The summed E-state index contributed by atoms with van der Waals surface area (Å²) in [5.41, 5.74) is 0.127. The van der Waals surface area contributed by atoms with Crippen molar-refractivity contribution in [1.82, 2.24) is 0 Å². The van der Waals surface area contributed by atoms with E-state index in [9.17, 15) is 4.57 Å². The Morgan fingerprint density at radius 1 is 1.67 bits per heavy atom. The number of hydrogen-bond acceptors (Lipinski definition) is 1. The van der Waals surface area contributed by atoms with Crippen molar-refractivity contribution in [3.05, 3.63) is 0 Å². The number of halogens is 1. The summed E-state index contributed by atoms with van der Waals surface area (Å²) < 4.78 is 10.1. The van der Waals surface area contributed by atoms with Gasteiger partial charge in [0, 0.05) is 0 Å². The van der Waals surface area contributed by atoms with Crippen LogP contribution >= 0.6 is 18.4 Å². The normalized spacial score (nSPS) is 12.3. The molecule has 0 rings (SSSR count). The highest BCUT2D eigenvalue weighted by Crippen LogP contribution is 2.31. The van der Waals surface area contributed by atoms with Gasteiger partial charge < -0.3 is 0 Å². The van der Waals surface area contributed by atoms with Crippen LogP contribution in [0.3, 0.4) is 0 Å². The minimum Gasteiger partial charge on any atom is -0.0515 e. The van der Waals surface area contributed by atoms with Crippen LogP contribution in [0.2, 0.25) is 0 Å². The lowest BCUT2D eigenvalue weighted by Gasteiger charge is -1.73. The average molecular weight is 126 g/mol. The van der Waals surface area contributed by atoms with Crippen LogP contribution in [-0.2, 0) is 4.57 Å². The highest BCUT2D eigenvalue weighted by atomic mass is 35.7. The summed E-state index contributed by atoms with van der Waals surface area (Å²) in [6.45, 7) is 3.65. The van der Waals surface area contributed by atoms with Gasteiger partial charge in [0.1, 0.15) is 0 Å². The van der Waals surface area contributed by atoms with Crippen molar-refractivity contribution in [2.24, 2.45) is 0 Å². The molecule has 0 heterocycles. The molecule has 0 spiro atoms. The molecule has 0 N–H and O–H groups in total. The summed E-state index contributed by atoms with van der Waals surface area (Å²) >= 11 is 5.12. The zero-order chi connectivity index (χ0) is 5.15. The molecule has 0 aromatic carbocycles. The molecular weight excluding hydrogens is 118 g/mol. The Bertz CT molecular complexity index is 61.8. The fourth-order valence-corrected chi connectivity index (χ4v) is 0. The largest absolute Gasteiger partial charge is 0.457 e. The highest BCUT2D eigenvalue weighted by Gasteiger charge is 2.15. The molecule has 0 saturated heterocycles. The van der Waals surface area contributed by atoms with Crippen molar-refractivity contribution >= 4 is 18.4 Å². The molecule has 0 radical (unpaired) electrons. The second-order valence-electron chi connectivity index (χ2n) is 1.37. The first kappa shape index (κ1) is 6.39. The Hall–Kier alpha value is 0.390. The van der Waals surface area contributed by atoms with Crippen LogP contribution < -0.4 is 0 Å². The van der Waals surface area contributed by atoms with E-state index < -0.39 is 7.15 Å². The van der Waals surface area contributed by atoms with Crippen LogP contribution in [-0.4, -0.2) is 5.66 Å². The van der Waals surface area contributed by atoms with Gasteiger partial charge in [-0.1, -0.05) is 4.57 Å². The maximum Gasteiger partial charge on any atom is 0.457 e. The van der Waals surface area contributed by atoms with E-state index in [4.69, 9.17) is 11.2 Å². The maximum atomic E-state index is 10.1. The second kappa shape index (κ2) is 2.54. The molecule has 0 aromatic rings. The SMILES string of the molecule is CC(C)[P+](=O)Cl. The zero-order valence-electron chi connectivity index (χ0n) is 3.81. The van der Waals surface area contributed by atoms with E-state index in [1.165, 1.54) is 0 Å². The summed E-state index contributed by atoms with van der Waals surface area (Å²) in [5, 5.41) is 0. The van der Waals surface area contributed by atoms with Gasteiger partial charge >= 0.3 is 7.15 Å². The van der Waals surface area contributed by atoms with E-state index in [1.54, 1.807) is 0 Å². The van der Waals surface area contributed by atoms with Crippen molar-refractivity contribution in [3.8, 4) is 0 Å². The molecule has 0 amide bonds. The van der Waals surface area contributed by atoms with Crippen LogP contribution in [0.25, 0.3) is 0 Å². The van der Waals surface area contributed by atoms with E-state index in [0.29, 0.717) is 0 Å². The lowest BCUT2D eigenvalue weighted by Crippen LogP contribution is -1.77. The Morgan fingerprint density at radius 2 is 1.83 bits per heavy atom. The van der Waals surface area contributed by atoms with Crippen LogP contribution in [0.4, 0.5) is 0 Å². The van der Waals surface area contributed by atoms with Crippen LogP contribution in [0.5, 0.6) is 0 Å². The summed E-state index contributed by atoms with van der Waals surface area (Å²) in [5.74, 6) is 0. The molecule has 0 saturated carbocycles. The molecule has 3 heteroatoms. The van der Waals surface area contributed by atoms with Gasteiger partial charge in [-0.15, -0.1) is 0 Å². The predicted molar refractivity (Wildman–Crippen MR) is 28.6 cm³/mol. The van der Waals surface area contributed by atoms with Gasteiger partial charge in [-0.3, -0.25) is 0 Å². The van der Waals surface area contributed by atoms with Gasteiger partial charge in [-0.2, -0.15) is 0 Å². The predicted octanol–water partition coefficient (Wildman–Crippen LogP) is 2.38. The smallest absolute Gasteiger partial charge is 0.0515 e. The van der Waals surface area contributed by atoms with Gasteiger partial charge in [0.2, 0.25) is 11.2 Å². The third-order valence-electron chi connectivity index (χ3n) is 0.406. The summed E-state index contributed by atoms with van der Waals surface area (Å²) in [6.07, 6.45) is 0. The molecule has 1 unspecified atom stereocenters. The first-order valence-corrected chi connectivity index (χ1v) is 4.00. The fourth-order valence-electron chi connectivity index (χ4n) is 0. The topological polar surface area (TPSA) is 17.1 Å². The molecule has 1 nitrogen and oxygen atoms in total. The van der Waals surface area contributed by atoms with Crippen molar-refractivity contribution in [1.29, 1.82) is 0 Å². The number of hydrogen-bond donors (Lipinski definition) is 0. The van der Waals surface area contributed by atoms with Crippen molar-refractivity contribution in [2.45, 2.75) is 19.5 Å². The molecule has 6 heavy (non-hydrogen) atoms. The zero-order valence-corrected chi connectivity index (χ0v) is 5.46. The van der Waals surface area contributed by atoms with Gasteiger partial charge in [-0.25, -0.2) is 0 Å². The van der Waals surface area contributed by atoms with Gasteiger partial charge in [-0.05, 0) is 13.8 Å². The lowest BCUT2D eigenvalue weighted by atomic mass is 10.6. The molecule has 1 atom stereocenters.